The highest BCUT2D eigenvalue weighted by molar-refractivity contribution is 5.70. The lowest BCUT2D eigenvalue weighted by Gasteiger charge is -2.43. The fourth-order valence-electron chi connectivity index (χ4n) is 4.28. The van der Waals surface area contributed by atoms with Gasteiger partial charge in [0.15, 0.2) is 0 Å². The van der Waals surface area contributed by atoms with Crippen molar-refractivity contribution < 1.29 is 19.0 Å². The van der Waals surface area contributed by atoms with E-state index < -0.39 is 11.7 Å². The van der Waals surface area contributed by atoms with Gasteiger partial charge in [-0.1, -0.05) is 36.4 Å². The number of cyclic esters (lactones) is 1. The number of benzene rings is 2. The molecule has 1 aromatic heterocycles. The molecule has 0 radical (unpaired) electrons. The zero-order valence-corrected chi connectivity index (χ0v) is 18.3. The van der Waals surface area contributed by atoms with Crippen molar-refractivity contribution in [3.63, 3.8) is 0 Å². The summed E-state index contributed by atoms with van der Waals surface area (Å²) in [7, 11) is 0. The van der Waals surface area contributed by atoms with Crippen molar-refractivity contribution in [3.05, 3.63) is 88.0 Å². The number of nitrogens with zero attached hydrogens (tertiary/aromatic N) is 2. The number of carbonyl (C=O) groups excluding carboxylic acids is 1. The normalized spacial score (nSPS) is 19.2. The molecule has 2 atom stereocenters. The highest BCUT2D eigenvalue weighted by Crippen LogP contribution is 2.40. The molecule has 8 heteroatoms. The van der Waals surface area contributed by atoms with Crippen LogP contribution in [0.25, 0.3) is 11.3 Å². The minimum Gasteiger partial charge on any atom is -0.438 e. The molecule has 1 fully saturated rings. The average Bonchev–Trinajstić information content (AvgIpc) is 2.83. The second kappa shape index (κ2) is 9.54. The van der Waals surface area contributed by atoms with Crippen molar-refractivity contribution >= 4 is 6.09 Å². The quantitative estimate of drug-likeness (QED) is 0.563. The van der Waals surface area contributed by atoms with Crippen LogP contribution in [0.1, 0.15) is 43.4 Å². The SMILES string of the molecule is C[C@@H](c1ccc(-c2ccc(=O)[nH]n2)cc1)N1CCC(CCCO)(c2ccc(F)cc2)OC1=O. The summed E-state index contributed by atoms with van der Waals surface area (Å²) < 4.78 is 19.4. The van der Waals surface area contributed by atoms with E-state index in [0.29, 0.717) is 31.5 Å². The summed E-state index contributed by atoms with van der Waals surface area (Å²) in [5, 5.41) is 15.8. The molecule has 0 spiro atoms. The number of carbonyl (C=O) groups is 1. The van der Waals surface area contributed by atoms with E-state index in [4.69, 9.17) is 4.74 Å². The molecule has 2 aromatic carbocycles. The Balaban J connectivity index is 1.51. The van der Waals surface area contributed by atoms with Gasteiger partial charge in [0.05, 0.1) is 11.7 Å². The van der Waals surface area contributed by atoms with Crippen LogP contribution in [0.4, 0.5) is 9.18 Å². The van der Waals surface area contributed by atoms with E-state index in [-0.39, 0.29) is 24.0 Å². The van der Waals surface area contributed by atoms with Crippen molar-refractivity contribution in [1.82, 2.24) is 15.1 Å². The van der Waals surface area contributed by atoms with E-state index >= 15 is 0 Å². The third-order valence-electron chi connectivity index (χ3n) is 6.22. The van der Waals surface area contributed by atoms with Gasteiger partial charge in [-0.15, -0.1) is 0 Å². The maximum Gasteiger partial charge on any atom is 0.411 e. The van der Waals surface area contributed by atoms with Crippen LogP contribution in [-0.2, 0) is 10.3 Å². The van der Waals surface area contributed by atoms with Gasteiger partial charge in [-0.25, -0.2) is 14.3 Å². The highest BCUT2D eigenvalue weighted by atomic mass is 19.1. The van der Waals surface area contributed by atoms with Gasteiger partial charge in [-0.05, 0) is 49.1 Å². The van der Waals surface area contributed by atoms with Crippen LogP contribution < -0.4 is 5.56 Å². The van der Waals surface area contributed by atoms with Gasteiger partial charge in [0, 0.05) is 31.2 Å². The van der Waals surface area contributed by atoms with E-state index in [2.05, 4.69) is 10.2 Å². The second-order valence-electron chi connectivity index (χ2n) is 8.24. The molecule has 1 aliphatic rings. The smallest absolute Gasteiger partial charge is 0.411 e. The fraction of sp³-hybridized carbons (Fsp3) is 0.320. The average molecular weight is 451 g/mol. The van der Waals surface area contributed by atoms with Gasteiger partial charge in [0.25, 0.3) is 5.56 Å². The monoisotopic (exact) mass is 451 g/mol. The third kappa shape index (κ3) is 4.80. The second-order valence-corrected chi connectivity index (χ2v) is 8.24. The lowest BCUT2D eigenvalue weighted by Crippen LogP contribution is -2.48. The minimum atomic E-state index is -0.885. The number of hydrogen-bond donors (Lipinski definition) is 2. The molecule has 2 heterocycles. The number of rotatable bonds is 7. The van der Waals surface area contributed by atoms with Crippen LogP contribution in [0.2, 0.25) is 0 Å². The number of aliphatic hydroxyl groups excluding tert-OH is 1. The number of ether oxygens (including phenoxy) is 1. The van der Waals surface area contributed by atoms with Crippen molar-refractivity contribution in [2.45, 2.75) is 37.8 Å². The first-order valence-corrected chi connectivity index (χ1v) is 10.9. The lowest BCUT2D eigenvalue weighted by atomic mass is 9.84. The molecule has 3 aromatic rings. The summed E-state index contributed by atoms with van der Waals surface area (Å²) in [6.07, 6.45) is 1.03. The van der Waals surface area contributed by atoms with E-state index in [1.807, 2.05) is 31.2 Å². The molecule has 0 bridgehead atoms. The molecular formula is C25H26FN3O4. The van der Waals surface area contributed by atoms with E-state index in [9.17, 15) is 19.1 Å². The number of nitrogens with one attached hydrogen (secondary N) is 1. The molecule has 33 heavy (non-hydrogen) atoms. The predicted octanol–water partition coefficient (Wildman–Crippen LogP) is 4.15. The first-order chi connectivity index (χ1) is 15.9. The Hall–Kier alpha value is -3.52. The van der Waals surface area contributed by atoms with Crippen molar-refractivity contribution in [1.29, 1.82) is 0 Å². The highest BCUT2D eigenvalue weighted by Gasteiger charge is 2.43. The van der Waals surface area contributed by atoms with Gasteiger partial charge in [0.2, 0.25) is 0 Å². The van der Waals surface area contributed by atoms with Crippen LogP contribution in [0.3, 0.4) is 0 Å². The van der Waals surface area contributed by atoms with Crippen LogP contribution in [-0.4, -0.2) is 39.4 Å². The van der Waals surface area contributed by atoms with Gasteiger partial charge in [-0.3, -0.25) is 4.79 Å². The van der Waals surface area contributed by atoms with Gasteiger partial charge < -0.3 is 14.7 Å². The zero-order valence-electron chi connectivity index (χ0n) is 18.3. The van der Waals surface area contributed by atoms with Crippen molar-refractivity contribution in [2.24, 2.45) is 0 Å². The lowest BCUT2D eigenvalue weighted by molar-refractivity contribution is -0.0680. The van der Waals surface area contributed by atoms with Gasteiger partial charge in [-0.2, -0.15) is 5.10 Å². The number of hydrogen-bond acceptors (Lipinski definition) is 5. The van der Waals surface area contributed by atoms with Gasteiger partial charge >= 0.3 is 6.09 Å². The van der Waals surface area contributed by atoms with Gasteiger partial charge in [0.1, 0.15) is 11.4 Å². The number of aliphatic hydroxyl groups is 1. The number of aromatic amines is 1. The number of aromatic nitrogens is 2. The van der Waals surface area contributed by atoms with Crippen LogP contribution in [0, 0.1) is 5.82 Å². The number of halogens is 1. The summed E-state index contributed by atoms with van der Waals surface area (Å²) in [6.45, 7) is 2.39. The molecule has 1 unspecified atom stereocenters. The Kier molecular flexibility index (Phi) is 6.55. The fourth-order valence-corrected chi connectivity index (χ4v) is 4.28. The molecule has 1 aliphatic heterocycles. The van der Waals surface area contributed by atoms with Crippen LogP contribution in [0.5, 0.6) is 0 Å². The zero-order chi connectivity index (χ0) is 23.4. The summed E-state index contributed by atoms with van der Waals surface area (Å²) in [6, 6.07) is 16.5. The molecule has 1 amide bonds. The number of H-pyrrole nitrogens is 1. The van der Waals surface area contributed by atoms with Crippen molar-refractivity contribution in [3.8, 4) is 11.3 Å². The largest absolute Gasteiger partial charge is 0.438 e. The Morgan fingerprint density at radius 3 is 2.45 bits per heavy atom. The standard InChI is InChI=1S/C25H26FN3O4/c1-17(18-3-5-19(6-4-18)22-11-12-23(31)28-27-22)29-15-14-25(13-2-16-30,33-24(29)32)20-7-9-21(26)10-8-20/h3-12,17,30H,2,13-16H2,1H3,(H,28,31)/t17-,25?/m0/s1. The van der Waals surface area contributed by atoms with E-state index in [1.54, 1.807) is 23.1 Å². The summed E-state index contributed by atoms with van der Waals surface area (Å²) in [5.41, 5.74) is 2.02. The van der Waals surface area contributed by atoms with E-state index in [1.165, 1.54) is 18.2 Å². The molecular weight excluding hydrogens is 425 g/mol. The molecule has 4 rings (SSSR count). The molecule has 1 saturated heterocycles. The molecule has 0 aliphatic carbocycles. The Morgan fingerprint density at radius 2 is 1.85 bits per heavy atom. The summed E-state index contributed by atoms with van der Waals surface area (Å²) in [4.78, 5) is 26.0. The Labute approximate surface area is 190 Å². The summed E-state index contributed by atoms with van der Waals surface area (Å²) in [5.74, 6) is -0.353. The Morgan fingerprint density at radius 1 is 1.12 bits per heavy atom. The van der Waals surface area contributed by atoms with Crippen LogP contribution in [0.15, 0.2) is 65.5 Å². The molecule has 2 N–H and O–H groups in total. The summed E-state index contributed by atoms with van der Waals surface area (Å²) >= 11 is 0. The first kappa shape index (κ1) is 22.7. The van der Waals surface area contributed by atoms with Crippen LogP contribution >= 0.6 is 0 Å². The number of amides is 1. The topological polar surface area (TPSA) is 95.5 Å². The molecule has 172 valence electrons. The third-order valence-corrected chi connectivity index (χ3v) is 6.22. The predicted molar refractivity (Wildman–Crippen MR) is 121 cm³/mol. The maximum atomic E-state index is 13.4. The maximum absolute atomic E-state index is 13.4. The van der Waals surface area contributed by atoms with Crippen molar-refractivity contribution in [2.75, 3.05) is 13.2 Å². The molecule has 7 nitrogen and oxygen atoms in total. The Bertz CT molecular complexity index is 1140. The van der Waals surface area contributed by atoms with E-state index in [0.717, 1.165) is 16.7 Å². The molecule has 0 saturated carbocycles. The first-order valence-electron chi connectivity index (χ1n) is 10.9. The minimum absolute atomic E-state index is 0.0167.